The van der Waals surface area contributed by atoms with Gasteiger partial charge in [-0.2, -0.15) is 0 Å². The number of rotatable bonds is 4. The van der Waals surface area contributed by atoms with Gasteiger partial charge >= 0.3 is 0 Å². The van der Waals surface area contributed by atoms with Crippen LogP contribution in [-0.2, 0) is 0 Å². The third-order valence-corrected chi connectivity index (χ3v) is 3.60. The van der Waals surface area contributed by atoms with Gasteiger partial charge in [0.2, 0.25) is 0 Å². The van der Waals surface area contributed by atoms with Gasteiger partial charge in [0.1, 0.15) is 0 Å². The number of nitrogens with one attached hydrogen (secondary N) is 1. The first-order valence-electron chi connectivity index (χ1n) is 6.06. The molecule has 4 atom stereocenters. The Morgan fingerprint density at radius 2 is 2.21 bits per heavy atom. The predicted molar refractivity (Wildman–Crippen MR) is 63.4 cm³/mol. The zero-order chi connectivity index (χ0) is 10.6. The van der Waals surface area contributed by atoms with E-state index in [1.807, 2.05) is 6.08 Å². The van der Waals surface area contributed by atoms with Gasteiger partial charge in [0.25, 0.3) is 0 Å². The molecule has 1 aliphatic rings. The standard InChI is InChI=1S/C13H25N/c1-5-11(4)14-13-8-7-10(3)9-12(13)6-2/h5,10-14H,1,6-9H2,2-4H3. The van der Waals surface area contributed by atoms with Crippen LogP contribution in [0.1, 0.15) is 46.5 Å². The Kier molecular flexibility index (Phi) is 4.67. The van der Waals surface area contributed by atoms with Crippen molar-refractivity contribution in [3.05, 3.63) is 12.7 Å². The van der Waals surface area contributed by atoms with Crippen LogP contribution >= 0.6 is 0 Å². The van der Waals surface area contributed by atoms with Crippen molar-refractivity contribution < 1.29 is 0 Å². The van der Waals surface area contributed by atoms with Crippen molar-refractivity contribution in [2.24, 2.45) is 11.8 Å². The average Bonchev–Trinajstić information content (AvgIpc) is 2.20. The summed E-state index contributed by atoms with van der Waals surface area (Å²) in [6.07, 6.45) is 7.45. The average molecular weight is 195 g/mol. The molecule has 1 heteroatoms. The second-order valence-corrected chi connectivity index (χ2v) is 4.88. The van der Waals surface area contributed by atoms with Crippen molar-refractivity contribution in [3.8, 4) is 0 Å². The van der Waals surface area contributed by atoms with E-state index in [1.54, 1.807) is 0 Å². The minimum atomic E-state index is 0.461. The molecule has 0 spiro atoms. The first-order chi connectivity index (χ1) is 6.67. The van der Waals surface area contributed by atoms with E-state index in [9.17, 15) is 0 Å². The SMILES string of the molecule is C=CC(C)NC1CCC(C)CC1CC. The molecule has 0 amide bonds. The molecule has 4 unspecified atom stereocenters. The molecule has 0 bridgehead atoms. The summed E-state index contributed by atoms with van der Waals surface area (Å²) in [4.78, 5) is 0. The minimum absolute atomic E-state index is 0.461. The smallest absolute Gasteiger partial charge is 0.0221 e. The Balaban J connectivity index is 2.45. The van der Waals surface area contributed by atoms with E-state index in [1.165, 1.54) is 25.7 Å². The Bertz CT molecular complexity index is 176. The van der Waals surface area contributed by atoms with E-state index in [0.29, 0.717) is 6.04 Å². The van der Waals surface area contributed by atoms with Gasteiger partial charge in [-0.1, -0.05) is 26.3 Å². The molecule has 0 aromatic rings. The number of hydrogen-bond acceptors (Lipinski definition) is 1. The maximum absolute atomic E-state index is 3.83. The van der Waals surface area contributed by atoms with E-state index >= 15 is 0 Å². The summed E-state index contributed by atoms with van der Waals surface area (Å²) in [5.74, 6) is 1.80. The molecular formula is C13H25N. The van der Waals surface area contributed by atoms with Gasteiger partial charge in [0.15, 0.2) is 0 Å². The molecule has 0 saturated heterocycles. The van der Waals surface area contributed by atoms with Crippen LogP contribution in [0.5, 0.6) is 0 Å². The van der Waals surface area contributed by atoms with E-state index < -0.39 is 0 Å². The van der Waals surface area contributed by atoms with Crippen LogP contribution in [0, 0.1) is 11.8 Å². The lowest BCUT2D eigenvalue weighted by molar-refractivity contribution is 0.203. The second kappa shape index (κ2) is 5.55. The van der Waals surface area contributed by atoms with Gasteiger partial charge in [-0.15, -0.1) is 6.58 Å². The van der Waals surface area contributed by atoms with Crippen molar-refractivity contribution in [1.29, 1.82) is 0 Å². The largest absolute Gasteiger partial charge is 0.308 e. The van der Waals surface area contributed by atoms with Crippen LogP contribution in [0.4, 0.5) is 0 Å². The number of hydrogen-bond donors (Lipinski definition) is 1. The Labute approximate surface area is 89.0 Å². The van der Waals surface area contributed by atoms with Crippen molar-refractivity contribution >= 4 is 0 Å². The molecule has 0 aromatic carbocycles. The highest BCUT2D eigenvalue weighted by Crippen LogP contribution is 2.31. The minimum Gasteiger partial charge on any atom is -0.308 e. The molecular weight excluding hydrogens is 170 g/mol. The molecule has 0 aromatic heterocycles. The molecule has 1 rings (SSSR count). The highest BCUT2D eigenvalue weighted by molar-refractivity contribution is 4.89. The lowest BCUT2D eigenvalue weighted by Gasteiger charge is -2.36. The van der Waals surface area contributed by atoms with Crippen LogP contribution < -0.4 is 5.32 Å². The fourth-order valence-corrected chi connectivity index (χ4v) is 2.58. The van der Waals surface area contributed by atoms with E-state index in [2.05, 4.69) is 32.7 Å². The van der Waals surface area contributed by atoms with Crippen LogP contribution in [0.2, 0.25) is 0 Å². The van der Waals surface area contributed by atoms with Crippen LogP contribution in [0.15, 0.2) is 12.7 Å². The fraction of sp³-hybridized carbons (Fsp3) is 0.846. The van der Waals surface area contributed by atoms with Gasteiger partial charge < -0.3 is 5.32 Å². The zero-order valence-electron chi connectivity index (χ0n) is 9.92. The Hall–Kier alpha value is -0.300. The first kappa shape index (κ1) is 11.8. The Morgan fingerprint density at radius 1 is 1.50 bits per heavy atom. The summed E-state index contributed by atoms with van der Waals surface area (Å²) < 4.78 is 0. The molecule has 82 valence electrons. The lowest BCUT2D eigenvalue weighted by atomic mass is 9.77. The molecule has 0 aliphatic heterocycles. The first-order valence-corrected chi connectivity index (χ1v) is 6.06. The second-order valence-electron chi connectivity index (χ2n) is 4.88. The normalized spacial score (nSPS) is 35.2. The summed E-state index contributed by atoms with van der Waals surface area (Å²) >= 11 is 0. The third kappa shape index (κ3) is 3.13. The van der Waals surface area contributed by atoms with Crippen LogP contribution in [0.25, 0.3) is 0 Å². The molecule has 14 heavy (non-hydrogen) atoms. The van der Waals surface area contributed by atoms with Crippen molar-refractivity contribution in [2.45, 2.75) is 58.5 Å². The van der Waals surface area contributed by atoms with Gasteiger partial charge in [-0.05, 0) is 38.0 Å². The zero-order valence-corrected chi connectivity index (χ0v) is 9.92. The Morgan fingerprint density at radius 3 is 2.79 bits per heavy atom. The summed E-state index contributed by atoms with van der Waals surface area (Å²) in [5.41, 5.74) is 0. The molecule has 1 nitrogen and oxygen atoms in total. The fourth-order valence-electron chi connectivity index (χ4n) is 2.58. The molecule has 1 N–H and O–H groups in total. The summed E-state index contributed by atoms with van der Waals surface area (Å²) in [7, 11) is 0. The van der Waals surface area contributed by atoms with Crippen LogP contribution in [0.3, 0.4) is 0 Å². The molecule has 1 saturated carbocycles. The van der Waals surface area contributed by atoms with E-state index in [4.69, 9.17) is 0 Å². The topological polar surface area (TPSA) is 12.0 Å². The van der Waals surface area contributed by atoms with Gasteiger partial charge in [-0.25, -0.2) is 0 Å². The van der Waals surface area contributed by atoms with Crippen molar-refractivity contribution in [1.82, 2.24) is 5.32 Å². The highest BCUT2D eigenvalue weighted by Gasteiger charge is 2.27. The summed E-state index contributed by atoms with van der Waals surface area (Å²) in [6.45, 7) is 10.7. The van der Waals surface area contributed by atoms with Gasteiger partial charge in [0, 0.05) is 12.1 Å². The molecule has 1 aliphatic carbocycles. The van der Waals surface area contributed by atoms with E-state index in [-0.39, 0.29) is 0 Å². The van der Waals surface area contributed by atoms with Gasteiger partial charge in [0.05, 0.1) is 0 Å². The summed E-state index contributed by atoms with van der Waals surface area (Å²) in [6, 6.07) is 1.19. The monoisotopic (exact) mass is 195 g/mol. The maximum atomic E-state index is 3.83. The van der Waals surface area contributed by atoms with Crippen LogP contribution in [-0.4, -0.2) is 12.1 Å². The van der Waals surface area contributed by atoms with Crippen molar-refractivity contribution in [3.63, 3.8) is 0 Å². The third-order valence-electron chi connectivity index (χ3n) is 3.60. The lowest BCUT2D eigenvalue weighted by Crippen LogP contribution is -2.43. The van der Waals surface area contributed by atoms with E-state index in [0.717, 1.165) is 17.9 Å². The van der Waals surface area contributed by atoms with Crippen molar-refractivity contribution in [2.75, 3.05) is 0 Å². The summed E-state index contributed by atoms with van der Waals surface area (Å²) in [5, 5.41) is 3.67. The predicted octanol–water partition coefficient (Wildman–Crippen LogP) is 3.37. The molecule has 0 heterocycles. The molecule has 1 fully saturated rings. The molecule has 0 radical (unpaired) electrons. The quantitative estimate of drug-likeness (QED) is 0.678. The highest BCUT2D eigenvalue weighted by atomic mass is 14.9. The maximum Gasteiger partial charge on any atom is 0.0221 e. The van der Waals surface area contributed by atoms with Gasteiger partial charge in [-0.3, -0.25) is 0 Å².